The Bertz CT molecular complexity index is 363. The van der Waals surface area contributed by atoms with E-state index < -0.39 is 6.10 Å². The third-order valence-electron chi connectivity index (χ3n) is 3.03. The molecule has 0 unspecified atom stereocenters. The van der Waals surface area contributed by atoms with Gasteiger partial charge in [0.25, 0.3) is 0 Å². The van der Waals surface area contributed by atoms with E-state index in [1.54, 1.807) is 7.11 Å². The maximum atomic E-state index is 9.75. The molecule has 1 aromatic rings. The third-order valence-corrected chi connectivity index (χ3v) is 3.03. The molecule has 1 heterocycles. The van der Waals surface area contributed by atoms with Gasteiger partial charge in [0, 0.05) is 25.9 Å². The molecule has 16 heavy (non-hydrogen) atoms. The van der Waals surface area contributed by atoms with Crippen LogP contribution >= 0.6 is 0 Å². The molecule has 0 aliphatic carbocycles. The Morgan fingerprint density at radius 3 is 2.62 bits per heavy atom. The van der Waals surface area contributed by atoms with Crippen LogP contribution in [0.3, 0.4) is 0 Å². The van der Waals surface area contributed by atoms with Gasteiger partial charge >= 0.3 is 0 Å². The summed E-state index contributed by atoms with van der Waals surface area (Å²) in [6.07, 6.45) is -0.536. The molecule has 1 N–H and O–H groups in total. The predicted octanol–water partition coefficient (Wildman–Crippen LogP) is 1.35. The maximum Gasteiger partial charge on any atom is 0.102 e. The van der Waals surface area contributed by atoms with Crippen LogP contribution in [0.5, 0.6) is 0 Å². The molecule has 1 aliphatic rings. The van der Waals surface area contributed by atoms with Crippen LogP contribution in [0.4, 0.5) is 0 Å². The predicted molar refractivity (Wildman–Crippen MR) is 63.9 cm³/mol. The number of hydrogen-bond acceptors (Lipinski definition) is 3. The molecule has 3 heteroatoms. The minimum Gasteiger partial charge on any atom is -0.388 e. The lowest BCUT2D eigenvalue weighted by Crippen LogP contribution is -2.25. The lowest BCUT2D eigenvalue weighted by Gasteiger charge is -2.20. The Morgan fingerprint density at radius 1 is 1.38 bits per heavy atom. The van der Waals surface area contributed by atoms with Gasteiger partial charge < -0.3 is 14.7 Å². The third kappa shape index (κ3) is 2.10. The molecule has 0 amide bonds. The van der Waals surface area contributed by atoms with Crippen LogP contribution in [-0.4, -0.2) is 42.4 Å². The summed E-state index contributed by atoms with van der Waals surface area (Å²) in [6.45, 7) is 5.36. The quantitative estimate of drug-likeness (QED) is 0.833. The van der Waals surface area contributed by atoms with Crippen LogP contribution in [-0.2, 0) is 4.74 Å². The molecule has 86 valence electrons. The summed E-state index contributed by atoms with van der Waals surface area (Å²) < 4.78 is 5.21. The standard InChI is InChI=1S/C13H17NO2/c1-10(11-6-4-3-5-7-11)14-8-12(15)13(9-14)16-2/h3-7,12-13,15H,1,8-9H2,2H3/t12-,13-/m0/s1. The number of benzene rings is 1. The number of ether oxygens (including phenoxy) is 1. The highest BCUT2D eigenvalue weighted by Gasteiger charge is 2.31. The minimum absolute atomic E-state index is 0.111. The zero-order valence-electron chi connectivity index (χ0n) is 9.47. The van der Waals surface area contributed by atoms with Gasteiger partial charge in [-0.3, -0.25) is 0 Å². The van der Waals surface area contributed by atoms with E-state index in [4.69, 9.17) is 4.74 Å². The van der Waals surface area contributed by atoms with Crippen molar-refractivity contribution < 1.29 is 9.84 Å². The second-order valence-electron chi connectivity index (χ2n) is 4.06. The Kier molecular flexibility index (Phi) is 3.27. The number of methoxy groups -OCH3 is 1. The van der Waals surface area contributed by atoms with Gasteiger partial charge in [-0.15, -0.1) is 0 Å². The smallest absolute Gasteiger partial charge is 0.102 e. The number of rotatable bonds is 3. The molecule has 1 aliphatic heterocycles. The average molecular weight is 219 g/mol. The number of hydrogen-bond donors (Lipinski definition) is 1. The fourth-order valence-corrected chi connectivity index (χ4v) is 2.02. The largest absolute Gasteiger partial charge is 0.388 e. The summed E-state index contributed by atoms with van der Waals surface area (Å²) in [5.41, 5.74) is 2.03. The Morgan fingerprint density at radius 2 is 2.06 bits per heavy atom. The van der Waals surface area contributed by atoms with E-state index in [0.29, 0.717) is 13.1 Å². The van der Waals surface area contributed by atoms with E-state index in [0.717, 1.165) is 11.3 Å². The monoisotopic (exact) mass is 219 g/mol. The Hall–Kier alpha value is -1.32. The van der Waals surface area contributed by atoms with Crippen LogP contribution in [0.25, 0.3) is 5.70 Å². The van der Waals surface area contributed by atoms with E-state index in [1.165, 1.54) is 0 Å². The van der Waals surface area contributed by atoms with Crippen molar-refractivity contribution in [3.8, 4) is 0 Å². The molecular formula is C13H17NO2. The van der Waals surface area contributed by atoms with Crippen LogP contribution in [0, 0.1) is 0 Å². The van der Waals surface area contributed by atoms with Crippen molar-refractivity contribution in [2.24, 2.45) is 0 Å². The topological polar surface area (TPSA) is 32.7 Å². The molecule has 3 nitrogen and oxygen atoms in total. The first-order valence-corrected chi connectivity index (χ1v) is 5.42. The van der Waals surface area contributed by atoms with Gasteiger partial charge in [0.2, 0.25) is 0 Å². The molecule has 2 atom stereocenters. The van der Waals surface area contributed by atoms with Crippen LogP contribution in [0.15, 0.2) is 36.9 Å². The number of aliphatic hydroxyl groups is 1. The number of β-amino-alcohol motifs (C(OH)–C–C–N with tert-alkyl or cyclic N) is 1. The molecule has 0 radical (unpaired) electrons. The summed E-state index contributed by atoms with van der Waals surface area (Å²) in [4.78, 5) is 2.06. The second kappa shape index (κ2) is 4.68. The maximum absolute atomic E-state index is 9.75. The summed E-state index contributed by atoms with van der Waals surface area (Å²) in [5.74, 6) is 0. The highest BCUT2D eigenvalue weighted by molar-refractivity contribution is 5.62. The number of nitrogens with zero attached hydrogens (tertiary/aromatic N) is 1. The molecule has 0 bridgehead atoms. The van der Waals surface area contributed by atoms with E-state index in [2.05, 4.69) is 11.5 Å². The fourth-order valence-electron chi connectivity index (χ4n) is 2.02. The van der Waals surface area contributed by atoms with E-state index >= 15 is 0 Å². The second-order valence-corrected chi connectivity index (χ2v) is 4.06. The van der Waals surface area contributed by atoms with E-state index in [9.17, 15) is 5.11 Å². The molecule has 0 saturated carbocycles. The van der Waals surface area contributed by atoms with Gasteiger partial charge in [-0.25, -0.2) is 0 Å². The highest BCUT2D eigenvalue weighted by atomic mass is 16.5. The van der Waals surface area contributed by atoms with E-state index in [1.807, 2.05) is 30.3 Å². The molecule has 1 saturated heterocycles. The van der Waals surface area contributed by atoms with Crippen molar-refractivity contribution in [2.75, 3.05) is 20.2 Å². The lowest BCUT2D eigenvalue weighted by molar-refractivity contribution is 0.0216. The first-order chi connectivity index (χ1) is 7.72. The van der Waals surface area contributed by atoms with Gasteiger partial charge in [-0.05, 0) is 5.56 Å². The zero-order valence-corrected chi connectivity index (χ0v) is 9.47. The molecule has 0 spiro atoms. The van der Waals surface area contributed by atoms with Crippen molar-refractivity contribution in [2.45, 2.75) is 12.2 Å². The van der Waals surface area contributed by atoms with Crippen LogP contribution < -0.4 is 0 Å². The molecular weight excluding hydrogens is 202 g/mol. The van der Waals surface area contributed by atoms with E-state index in [-0.39, 0.29) is 6.10 Å². The van der Waals surface area contributed by atoms with Gasteiger partial charge in [0.15, 0.2) is 0 Å². The summed E-state index contributed by atoms with van der Waals surface area (Å²) in [7, 11) is 1.63. The van der Waals surface area contributed by atoms with Gasteiger partial charge in [-0.1, -0.05) is 36.9 Å². The SMILES string of the molecule is C=C(c1ccccc1)N1C[C@H](OC)[C@@H](O)C1. The number of likely N-dealkylation sites (tertiary alicyclic amines) is 1. The first-order valence-electron chi connectivity index (χ1n) is 5.42. The van der Waals surface area contributed by atoms with Crippen molar-refractivity contribution in [1.82, 2.24) is 4.90 Å². The molecule has 2 rings (SSSR count). The first kappa shape index (κ1) is 11.2. The number of aliphatic hydroxyl groups excluding tert-OH is 1. The zero-order chi connectivity index (χ0) is 11.5. The minimum atomic E-state index is -0.425. The summed E-state index contributed by atoms with van der Waals surface area (Å²) in [5, 5.41) is 9.75. The molecule has 1 aromatic carbocycles. The molecule has 1 fully saturated rings. The fraction of sp³-hybridized carbons (Fsp3) is 0.385. The van der Waals surface area contributed by atoms with Crippen LogP contribution in [0.1, 0.15) is 5.56 Å². The van der Waals surface area contributed by atoms with Gasteiger partial charge in [0.05, 0.1) is 6.10 Å². The Labute approximate surface area is 96.0 Å². The van der Waals surface area contributed by atoms with Crippen molar-refractivity contribution in [1.29, 1.82) is 0 Å². The summed E-state index contributed by atoms with van der Waals surface area (Å²) in [6, 6.07) is 10.00. The van der Waals surface area contributed by atoms with Gasteiger partial charge in [-0.2, -0.15) is 0 Å². The normalized spacial score (nSPS) is 24.8. The van der Waals surface area contributed by atoms with Crippen LogP contribution in [0.2, 0.25) is 0 Å². The lowest BCUT2D eigenvalue weighted by atomic mass is 10.1. The van der Waals surface area contributed by atoms with Gasteiger partial charge in [0.1, 0.15) is 6.10 Å². The van der Waals surface area contributed by atoms with Crippen molar-refractivity contribution in [3.63, 3.8) is 0 Å². The highest BCUT2D eigenvalue weighted by Crippen LogP contribution is 2.23. The van der Waals surface area contributed by atoms with Crippen molar-refractivity contribution >= 4 is 5.70 Å². The Balaban J connectivity index is 2.08. The summed E-state index contributed by atoms with van der Waals surface area (Å²) >= 11 is 0. The molecule has 0 aromatic heterocycles. The average Bonchev–Trinajstić information content (AvgIpc) is 2.71. The van der Waals surface area contributed by atoms with Crippen molar-refractivity contribution in [3.05, 3.63) is 42.5 Å².